The molecular formula is C13H15BrN2O. The first-order valence-electron chi connectivity index (χ1n) is 5.81. The van der Waals surface area contributed by atoms with Crippen molar-refractivity contribution in [2.45, 2.75) is 19.4 Å². The average Bonchev–Trinajstić information content (AvgIpc) is 2.38. The molecule has 4 heteroatoms. The third-order valence-corrected chi connectivity index (χ3v) is 3.77. The highest BCUT2D eigenvalue weighted by atomic mass is 79.9. The van der Waals surface area contributed by atoms with E-state index in [0.29, 0.717) is 11.6 Å². The van der Waals surface area contributed by atoms with Crippen LogP contribution in [0.1, 0.15) is 18.9 Å². The monoisotopic (exact) mass is 294 g/mol. The van der Waals surface area contributed by atoms with Crippen LogP contribution in [0.5, 0.6) is 0 Å². The third-order valence-electron chi connectivity index (χ3n) is 3.11. The van der Waals surface area contributed by atoms with Crippen molar-refractivity contribution in [2.24, 2.45) is 0 Å². The second kappa shape index (κ2) is 5.52. The molecule has 1 unspecified atom stereocenters. The van der Waals surface area contributed by atoms with Crippen LogP contribution in [-0.2, 0) is 4.74 Å². The molecule has 1 atom stereocenters. The topological polar surface area (TPSA) is 36.3 Å². The van der Waals surface area contributed by atoms with Gasteiger partial charge in [-0.15, -0.1) is 0 Å². The van der Waals surface area contributed by atoms with Gasteiger partial charge < -0.3 is 9.64 Å². The molecular weight excluding hydrogens is 280 g/mol. The van der Waals surface area contributed by atoms with Crippen molar-refractivity contribution in [2.75, 3.05) is 24.7 Å². The zero-order valence-electron chi connectivity index (χ0n) is 9.82. The van der Waals surface area contributed by atoms with E-state index in [1.807, 2.05) is 18.2 Å². The van der Waals surface area contributed by atoms with Gasteiger partial charge in [0, 0.05) is 11.0 Å². The first-order chi connectivity index (χ1) is 8.27. The van der Waals surface area contributed by atoms with Gasteiger partial charge in [-0.3, -0.25) is 0 Å². The molecule has 0 saturated carbocycles. The summed E-state index contributed by atoms with van der Waals surface area (Å²) in [7, 11) is 0. The van der Waals surface area contributed by atoms with Crippen molar-refractivity contribution in [3.05, 3.63) is 28.2 Å². The van der Waals surface area contributed by atoms with E-state index in [1.165, 1.54) is 0 Å². The maximum absolute atomic E-state index is 9.25. The van der Waals surface area contributed by atoms with Gasteiger partial charge in [-0.05, 0) is 34.5 Å². The van der Waals surface area contributed by atoms with Gasteiger partial charge in [0.25, 0.3) is 0 Å². The second-order valence-corrected chi connectivity index (χ2v) is 4.93. The molecule has 1 saturated heterocycles. The Morgan fingerprint density at radius 3 is 3.12 bits per heavy atom. The van der Waals surface area contributed by atoms with Crippen molar-refractivity contribution in [1.29, 1.82) is 5.26 Å². The van der Waals surface area contributed by atoms with Crippen LogP contribution in [0.4, 0.5) is 5.69 Å². The van der Waals surface area contributed by atoms with Gasteiger partial charge in [0.05, 0.1) is 30.5 Å². The molecule has 0 spiro atoms. The molecule has 1 aromatic rings. The first-order valence-corrected chi connectivity index (χ1v) is 6.60. The van der Waals surface area contributed by atoms with Crippen molar-refractivity contribution in [3.8, 4) is 6.07 Å². The van der Waals surface area contributed by atoms with Crippen LogP contribution in [0.3, 0.4) is 0 Å². The summed E-state index contributed by atoms with van der Waals surface area (Å²) in [6, 6.07) is 8.53. The number of anilines is 1. The van der Waals surface area contributed by atoms with E-state index < -0.39 is 0 Å². The Morgan fingerprint density at radius 1 is 1.59 bits per heavy atom. The molecule has 2 rings (SSSR count). The van der Waals surface area contributed by atoms with E-state index >= 15 is 0 Å². The number of hydrogen-bond donors (Lipinski definition) is 0. The highest BCUT2D eigenvalue weighted by Gasteiger charge is 2.24. The van der Waals surface area contributed by atoms with Gasteiger partial charge in [0.15, 0.2) is 0 Å². The Hall–Kier alpha value is -1.05. The smallest absolute Gasteiger partial charge is 0.103 e. The molecule has 0 bridgehead atoms. The molecule has 0 N–H and O–H groups in total. The van der Waals surface area contributed by atoms with Crippen LogP contribution in [-0.4, -0.2) is 25.8 Å². The molecule has 1 aromatic carbocycles. The fourth-order valence-electron chi connectivity index (χ4n) is 2.17. The molecule has 0 aliphatic carbocycles. The Labute approximate surface area is 110 Å². The van der Waals surface area contributed by atoms with Gasteiger partial charge in [0.2, 0.25) is 0 Å². The predicted molar refractivity (Wildman–Crippen MR) is 71.1 cm³/mol. The van der Waals surface area contributed by atoms with Gasteiger partial charge in [0.1, 0.15) is 6.07 Å². The quantitative estimate of drug-likeness (QED) is 0.841. The molecule has 1 fully saturated rings. The molecule has 0 aromatic heterocycles. The largest absolute Gasteiger partial charge is 0.377 e. The summed E-state index contributed by atoms with van der Waals surface area (Å²) in [4.78, 5) is 2.28. The lowest BCUT2D eigenvalue weighted by Crippen LogP contribution is -2.45. The Kier molecular flexibility index (Phi) is 4.03. The lowest BCUT2D eigenvalue weighted by Gasteiger charge is -2.37. The summed E-state index contributed by atoms with van der Waals surface area (Å²) in [6.45, 7) is 4.47. The molecule has 1 heterocycles. The molecule has 17 heavy (non-hydrogen) atoms. The van der Waals surface area contributed by atoms with Crippen LogP contribution >= 0.6 is 15.9 Å². The molecule has 3 nitrogen and oxygen atoms in total. The van der Waals surface area contributed by atoms with Crippen LogP contribution < -0.4 is 4.90 Å². The van der Waals surface area contributed by atoms with Crippen LogP contribution in [0.2, 0.25) is 0 Å². The van der Waals surface area contributed by atoms with E-state index in [0.717, 1.165) is 36.3 Å². The third kappa shape index (κ3) is 2.46. The van der Waals surface area contributed by atoms with Crippen LogP contribution in [0, 0.1) is 11.3 Å². The number of hydrogen-bond acceptors (Lipinski definition) is 3. The minimum absolute atomic E-state index is 0.366. The molecule has 0 radical (unpaired) electrons. The average molecular weight is 295 g/mol. The zero-order valence-corrected chi connectivity index (χ0v) is 11.4. The number of nitriles is 1. The number of rotatable bonds is 2. The summed E-state index contributed by atoms with van der Waals surface area (Å²) < 4.78 is 6.35. The number of ether oxygens (including phenoxy) is 1. The summed E-state index contributed by atoms with van der Waals surface area (Å²) in [5.74, 6) is 0. The highest BCUT2D eigenvalue weighted by Crippen LogP contribution is 2.30. The number of halogens is 1. The van der Waals surface area contributed by atoms with E-state index in [9.17, 15) is 5.26 Å². The lowest BCUT2D eigenvalue weighted by atomic mass is 10.1. The van der Waals surface area contributed by atoms with Crippen molar-refractivity contribution in [1.82, 2.24) is 0 Å². The second-order valence-electron chi connectivity index (χ2n) is 4.08. The van der Waals surface area contributed by atoms with Gasteiger partial charge in [-0.25, -0.2) is 0 Å². The van der Waals surface area contributed by atoms with Crippen LogP contribution in [0.15, 0.2) is 22.7 Å². The van der Waals surface area contributed by atoms with Crippen molar-refractivity contribution >= 4 is 21.6 Å². The normalized spacial score (nSPS) is 20.1. The fourth-order valence-corrected chi connectivity index (χ4v) is 2.62. The summed E-state index contributed by atoms with van der Waals surface area (Å²) in [5, 5.41) is 9.25. The first kappa shape index (κ1) is 12.4. The van der Waals surface area contributed by atoms with Crippen LogP contribution in [0.25, 0.3) is 0 Å². The highest BCUT2D eigenvalue weighted by molar-refractivity contribution is 9.10. The number of benzene rings is 1. The van der Waals surface area contributed by atoms with Crippen molar-refractivity contribution in [3.63, 3.8) is 0 Å². The number of morpholine rings is 1. The molecule has 1 aliphatic heterocycles. The van der Waals surface area contributed by atoms with E-state index in [4.69, 9.17) is 4.74 Å². The SMILES string of the molecule is CCC1COCCN1c1cccc(Br)c1C#N. The summed E-state index contributed by atoms with van der Waals surface area (Å²) in [5.41, 5.74) is 1.73. The summed E-state index contributed by atoms with van der Waals surface area (Å²) in [6.07, 6.45) is 1.03. The molecule has 0 amide bonds. The van der Waals surface area contributed by atoms with E-state index in [2.05, 4.69) is 33.8 Å². The Morgan fingerprint density at radius 2 is 2.41 bits per heavy atom. The Balaban J connectivity index is 2.38. The van der Waals surface area contributed by atoms with Crippen molar-refractivity contribution < 1.29 is 4.74 Å². The maximum Gasteiger partial charge on any atom is 0.103 e. The minimum Gasteiger partial charge on any atom is -0.377 e. The maximum atomic E-state index is 9.25. The summed E-state index contributed by atoms with van der Waals surface area (Å²) >= 11 is 3.44. The van der Waals surface area contributed by atoms with Gasteiger partial charge >= 0.3 is 0 Å². The number of nitrogens with zero attached hydrogens (tertiary/aromatic N) is 2. The lowest BCUT2D eigenvalue weighted by molar-refractivity contribution is 0.0929. The molecule has 1 aliphatic rings. The standard InChI is InChI=1S/C13H15BrN2O/c1-2-10-9-17-7-6-16(10)13-5-3-4-12(14)11(13)8-15/h3-5,10H,2,6-7,9H2,1H3. The van der Waals surface area contributed by atoms with E-state index in [1.54, 1.807) is 0 Å². The van der Waals surface area contributed by atoms with Gasteiger partial charge in [-0.1, -0.05) is 13.0 Å². The molecule has 90 valence electrons. The fraction of sp³-hybridized carbons (Fsp3) is 0.462. The predicted octanol–water partition coefficient (Wildman–Crippen LogP) is 2.94. The Bertz CT molecular complexity index is 442. The van der Waals surface area contributed by atoms with E-state index in [-0.39, 0.29) is 0 Å². The minimum atomic E-state index is 0.366. The van der Waals surface area contributed by atoms with Gasteiger partial charge in [-0.2, -0.15) is 5.26 Å². The zero-order chi connectivity index (χ0) is 12.3.